The zero-order valence-corrected chi connectivity index (χ0v) is 16.8. The average molecular weight is 437 g/mol. The van der Waals surface area contributed by atoms with Gasteiger partial charge in [0.1, 0.15) is 6.54 Å². The van der Waals surface area contributed by atoms with Gasteiger partial charge in [0.05, 0.1) is 22.4 Å². The van der Waals surface area contributed by atoms with Crippen LogP contribution in [0.3, 0.4) is 0 Å². The van der Waals surface area contributed by atoms with Crippen molar-refractivity contribution in [3.05, 3.63) is 78.5 Å². The minimum Gasteiger partial charge on any atom is -0.334 e. The van der Waals surface area contributed by atoms with Crippen molar-refractivity contribution in [2.24, 2.45) is 0 Å². The van der Waals surface area contributed by atoms with E-state index in [9.17, 15) is 18.0 Å². The van der Waals surface area contributed by atoms with E-state index >= 15 is 0 Å². The first-order valence-electron chi connectivity index (χ1n) is 10.1. The highest BCUT2D eigenvalue weighted by molar-refractivity contribution is 5.95. The van der Waals surface area contributed by atoms with Crippen molar-refractivity contribution in [2.45, 2.75) is 18.6 Å². The van der Waals surface area contributed by atoms with Crippen molar-refractivity contribution in [3.63, 3.8) is 0 Å². The van der Waals surface area contributed by atoms with E-state index in [1.165, 1.54) is 11.0 Å². The minimum absolute atomic E-state index is 0.0525. The van der Waals surface area contributed by atoms with Crippen molar-refractivity contribution in [1.82, 2.24) is 24.4 Å². The van der Waals surface area contributed by atoms with Gasteiger partial charge in [0.15, 0.2) is 0 Å². The molecule has 0 bridgehead atoms. The van der Waals surface area contributed by atoms with Crippen LogP contribution in [0.4, 0.5) is 13.2 Å². The summed E-state index contributed by atoms with van der Waals surface area (Å²) in [6.07, 6.45) is -1.25. The third kappa shape index (κ3) is 3.70. The van der Waals surface area contributed by atoms with Gasteiger partial charge in [-0.3, -0.25) is 14.8 Å². The van der Waals surface area contributed by atoms with Crippen LogP contribution in [0.25, 0.3) is 22.3 Å². The topological polar surface area (TPSA) is 63.9 Å². The maximum Gasteiger partial charge on any atom is 0.406 e. The molecular formula is C23H18F3N5O. The van der Waals surface area contributed by atoms with Gasteiger partial charge in [0.25, 0.3) is 5.91 Å². The molecule has 0 radical (unpaired) electrons. The number of alkyl halides is 3. The Balaban J connectivity index is 1.41. The number of halogens is 3. The highest BCUT2D eigenvalue weighted by atomic mass is 19.4. The number of imidazole rings is 1. The fourth-order valence-electron chi connectivity index (χ4n) is 4.00. The van der Waals surface area contributed by atoms with Crippen LogP contribution >= 0.6 is 0 Å². The Bertz CT molecular complexity index is 1280. The molecule has 0 N–H and O–H groups in total. The lowest BCUT2D eigenvalue weighted by Crippen LogP contribution is -2.49. The van der Waals surface area contributed by atoms with Crippen molar-refractivity contribution in [3.8, 4) is 11.3 Å². The summed E-state index contributed by atoms with van der Waals surface area (Å²) in [5, 5.41) is 0. The number of likely N-dealkylation sites (tertiary alicyclic amines) is 1. The molecule has 162 valence electrons. The van der Waals surface area contributed by atoms with E-state index in [1.807, 2.05) is 30.3 Å². The Morgan fingerprint density at radius 3 is 2.41 bits per heavy atom. The Labute approximate surface area is 181 Å². The fourth-order valence-corrected chi connectivity index (χ4v) is 4.00. The number of para-hydroxylation sites is 2. The Morgan fingerprint density at radius 2 is 1.66 bits per heavy atom. The second-order valence-electron chi connectivity index (χ2n) is 7.69. The minimum atomic E-state index is -4.47. The zero-order chi connectivity index (χ0) is 22.3. The van der Waals surface area contributed by atoms with Crippen molar-refractivity contribution < 1.29 is 18.0 Å². The molecule has 4 aromatic rings. The largest absolute Gasteiger partial charge is 0.406 e. The summed E-state index contributed by atoms with van der Waals surface area (Å²) in [6.45, 7) is -0.590. The van der Waals surface area contributed by atoms with E-state index in [-0.39, 0.29) is 17.3 Å². The summed E-state index contributed by atoms with van der Waals surface area (Å²) in [4.78, 5) is 27.7. The fraction of sp³-hybridized carbons (Fsp3) is 0.217. The lowest BCUT2D eigenvalue weighted by molar-refractivity contribution is -0.140. The number of amides is 1. The van der Waals surface area contributed by atoms with Gasteiger partial charge >= 0.3 is 6.18 Å². The molecule has 6 nitrogen and oxygen atoms in total. The Kier molecular flexibility index (Phi) is 4.88. The van der Waals surface area contributed by atoms with E-state index in [4.69, 9.17) is 0 Å². The van der Waals surface area contributed by atoms with Crippen LogP contribution in [0, 0.1) is 0 Å². The second kappa shape index (κ2) is 7.74. The number of carbonyl (C=O) groups excluding carboxylic acids is 1. The molecule has 1 saturated heterocycles. The highest BCUT2D eigenvalue weighted by Crippen LogP contribution is 2.33. The predicted octanol–water partition coefficient (Wildman–Crippen LogP) is 4.30. The molecule has 32 heavy (non-hydrogen) atoms. The maximum absolute atomic E-state index is 13.2. The maximum atomic E-state index is 13.2. The summed E-state index contributed by atoms with van der Waals surface area (Å²) in [5.41, 5.74) is 3.08. The summed E-state index contributed by atoms with van der Waals surface area (Å²) in [7, 11) is 0. The predicted molar refractivity (Wildman–Crippen MR) is 112 cm³/mol. The number of hydrogen-bond acceptors (Lipinski definition) is 4. The molecule has 1 fully saturated rings. The van der Waals surface area contributed by atoms with Crippen molar-refractivity contribution >= 4 is 16.9 Å². The number of fused-ring (bicyclic) bond motifs is 1. The number of aromatic nitrogens is 4. The smallest absolute Gasteiger partial charge is 0.334 e. The second-order valence-corrected chi connectivity index (χ2v) is 7.69. The number of nitrogens with zero attached hydrogens (tertiary/aromatic N) is 5. The number of hydrogen-bond donors (Lipinski definition) is 0. The Hall–Kier alpha value is -3.75. The summed E-state index contributed by atoms with van der Waals surface area (Å²) >= 11 is 0. The van der Waals surface area contributed by atoms with E-state index in [1.54, 1.807) is 30.6 Å². The lowest BCUT2D eigenvalue weighted by atomic mass is 9.92. The molecule has 2 aromatic carbocycles. The summed E-state index contributed by atoms with van der Waals surface area (Å²) in [5.74, 6) is -0.778. The standard InChI is InChI=1S/C23H18F3N5O/c24-23(25,26)14-31-18-9-5-4-8-17(18)29-21(31)22(32)30-12-16(13-30)20-19(27-10-11-28-20)15-6-2-1-3-7-15/h1-11,16H,12-14H2. The first-order valence-corrected chi connectivity index (χ1v) is 10.1. The average Bonchev–Trinajstić information content (AvgIpc) is 3.11. The van der Waals surface area contributed by atoms with Crippen LogP contribution < -0.4 is 0 Å². The van der Waals surface area contributed by atoms with Gasteiger partial charge in [-0.2, -0.15) is 13.2 Å². The van der Waals surface area contributed by atoms with Gasteiger partial charge in [0, 0.05) is 37.0 Å². The van der Waals surface area contributed by atoms with Gasteiger partial charge in [-0.15, -0.1) is 0 Å². The molecule has 1 aliphatic rings. The molecule has 2 aromatic heterocycles. The molecular weight excluding hydrogens is 419 g/mol. The quantitative estimate of drug-likeness (QED) is 0.478. The van der Waals surface area contributed by atoms with Gasteiger partial charge in [-0.05, 0) is 12.1 Å². The number of benzene rings is 2. The first-order chi connectivity index (χ1) is 15.4. The van der Waals surface area contributed by atoms with Gasteiger partial charge in [-0.25, -0.2) is 4.98 Å². The number of carbonyl (C=O) groups is 1. The monoisotopic (exact) mass is 437 g/mol. The first kappa shape index (κ1) is 20.2. The highest BCUT2D eigenvalue weighted by Gasteiger charge is 2.38. The molecule has 0 atom stereocenters. The van der Waals surface area contributed by atoms with E-state index in [0.717, 1.165) is 21.5 Å². The van der Waals surface area contributed by atoms with Crippen molar-refractivity contribution in [2.75, 3.05) is 13.1 Å². The summed E-state index contributed by atoms with van der Waals surface area (Å²) in [6, 6.07) is 16.1. The molecule has 0 aliphatic carbocycles. The van der Waals surface area contributed by atoms with Crippen LogP contribution in [0.1, 0.15) is 22.2 Å². The van der Waals surface area contributed by atoms with Gasteiger partial charge < -0.3 is 9.47 Å². The zero-order valence-electron chi connectivity index (χ0n) is 16.8. The van der Waals surface area contributed by atoms with Crippen molar-refractivity contribution in [1.29, 1.82) is 0 Å². The molecule has 0 unspecified atom stereocenters. The van der Waals surface area contributed by atoms with E-state index in [0.29, 0.717) is 18.6 Å². The SMILES string of the molecule is O=C(c1nc2ccccc2n1CC(F)(F)F)N1CC(c2nccnc2-c2ccccc2)C1. The third-order valence-corrected chi connectivity index (χ3v) is 5.51. The summed E-state index contributed by atoms with van der Waals surface area (Å²) < 4.78 is 40.5. The molecule has 9 heteroatoms. The normalized spacial score (nSPS) is 14.5. The number of rotatable bonds is 4. The lowest BCUT2D eigenvalue weighted by Gasteiger charge is -2.39. The molecule has 5 rings (SSSR count). The molecule has 3 heterocycles. The Morgan fingerprint density at radius 1 is 0.969 bits per heavy atom. The van der Waals surface area contributed by atoms with Crippen LogP contribution in [0.15, 0.2) is 67.0 Å². The van der Waals surface area contributed by atoms with Crippen LogP contribution in [-0.2, 0) is 6.54 Å². The van der Waals surface area contributed by atoms with Gasteiger partial charge in [-0.1, -0.05) is 42.5 Å². The third-order valence-electron chi connectivity index (χ3n) is 5.51. The van der Waals surface area contributed by atoms with E-state index < -0.39 is 18.6 Å². The van der Waals surface area contributed by atoms with Crippen LogP contribution in [0.5, 0.6) is 0 Å². The molecule has 0 saturated carbocycles. The van der Waals surface area contributed by atoms with Gasteiger partial charge in [0.2, 0.25) is 5.82 Å². The van der Waals surface area contributed by atoms with Crippen LogP contribution in [-0.4, -0.2) is 49.6 Å². The van der Waals surface area contributed by atoms with E-state index in [2.05, 4.69) is 15.0 Å². The molecule has 1 aliphatic heterocycles. The van der Waals surface area contributed by atoms with Crippen LogP contribution in [0.2, 0.25) is 0 Å². The molecule has 0 spiro atoms. The molecule has 1 amide bonds.